The summed E-state index contributed by atoms with van der Waals surface area (Å²) in [6.07, 6.45) is 0.0636. The number of rotatable bonds is 7. The van der Waals surface area contributed by atoms with Gasteiger partial charge in [-0.05, 0) is 17.2 Å². The van der Waals surface area contributed by atoms with E-state index in [1.54, 1.807) is 18.2 Å². The fourth-order valence-electron chi connectivity index (χ4n) is 2.97. The van der Waals surface area contributed by atoms with Gasteiger partial charge in [0.2, 0.25) is 21.8 Å². The number of sulfonamides is 1. The van der Waals surface area contributed by atoms with E-state index >= 15 is 0 Å². The largest absolute Gasteiger partial charge is 0.497 e. The molecule has 1 heterocycles. The number of nitrogens with two attached hydrogens (primary N) is 1. The molecule has 0 saturated carbocycles. The van der Waals surface area contributed by atoms with E-state index in [0.29, 0.717) is 17.1 Å². The summed E-state index contributed by atoms with van der Waals surface area (Å²) in [5.74, 6) is 1.07. The van der Waals surface area contributed by atoms with Crippen LogP contribution >= 0.6 is 0 Å². The predicted octanol–water partition coefficient (Wildman–Crippen LogP) is 2.21. The first kappa shape index (κ1) is 21.2. The van der Waals surface area contributed by atoms with Crippen molar-refractivity contribution in [2.75, 3.05) is 14.2 Å². The summed E-state index contributed by atoms with van der Waals surface area (Å²) in [7, 11) is -1.39. The Morgan fingerprint density at radius 1 is 1.13 bits per heavy atom. The van der Waals surface area contributed by atoms with Gasteiger partial charge in [-0.1, -0.05) is 6.07 Å². The van der Waals surface area contributed by atoms with Gasteiger partial charge in [-0.25, -0.2) is 13.6 Å². The van der Waals surface area contributed by atoms with Crippen LogP contribution in [0.5, 0.6) is 11.5 Å². The molecule has 11 nitrogen and oxygen atoms in total. The number of benzene rings is 2. The van der Waals surface area contributed by atoms with Crippen LogP contribution in [0.4, 0.5) is 5.69 Å². The van der Waals surface area contributed by atoms with Gasteiger partial charge >= 0.3 is 0 Å². The molecule has 0 saturated heterocycles. The van der Waals surface area contributed by atoms with E-state index in [4.69, 9.17) is 19.0 Å². The predicted molar refractivity (Wildman–Crippen MR) is 105 cm³/mol. The first-order valence-corrected chi connectivity index (χ1v) is 10.0. The molecule has 3 aromatic rings. The fraction of sp³-hybridized carbons (Fsp3) is 0.222. The van der Waals surface area contributed by atoms with E-state index in [1.807, 2.05) is 0 Å². The number of non-ortho nitro benzene ring substituents is 1. The van der Waals surface area contributed by atoms with E-state index in [-0.39, 0.29) is 29.3 Å². The number of ether oxygens (including phenoxy) is 2. The number of nitrogens with zero attached hydrogens (tertiary/aromatic N) is 3. The maximum Gasteiger partial charge on any atom is 0.271 e. The van der Waals surface area contributed by atoms with Crippen molar-refractivity contribution in [3.8, 4) is 23.0 Å². The zero-order chi connectivity index (χ0) is 22.1. The first-order chi connectivity index (χ1) is 14.1. The summed E-state index contributed by atoms with van der Waals surface area (Å²) >= 11 is 0. The zero-order valence-electron chi connectivity index (χ0n) is 16.3. The lowest BCUT2D eigenvalue weighted by atomic mass is 9.98. The second-order valence-corrected chi connectivity index (χ2v) is 7.79. The second kappa shape index (κ2) is 8.08. The molecule has 0 atom stereocenters. The molecule has 0 spiro atoms. The molecule has 30 heavy (non-hydrogen) atoms. The minimum Gasteiger partial charge on any atom is -0.497 e. The summed E-state index contributed by atoms with van der Waals surface area (Å²) in [6, 6.07) is 7.15. The Morgan fingerprint density at radius 2 is 1.87 bits per heavy atom. The molecule has 3 rings (SSSR count). The third-order valence-corrected chi connectivity index (χ3v) is 5.24. The van der Waals surface area contributed by atoms with Gasteiger partial charge in [0, 0.05) is 31.5 Å². The Kier molecular flexibility index (Phi) is 5.71. The first-order valence-electron chi connectivity index (χ1n) is 8.49. The highest BCUT2D eigenvalue weighted by Gasteiger charge is 2.27. The highest BCUT2D eigenvalue weighted by molar-refractivity contribution is 7.89. The van der Waals surface area contributed by atoms with Crippen LogP contribution in [0.2, 0.25) is 0 Å². The van der Waals surface area contributed by atoms with Crippen molar-refractivity contribution in [3.63, 3.8) is 0 Å². The molecule has 0 aliphatic carbocycles. The van der Waals surface area contributed by atoms with Gasteiger partial charge in [-0.3, -0.25) is 10.1 Å². The highest BCUT2D eigenvalue weighted by atomic mass is 32.2. The lowest BCUT2D eigenvalue weighted by Gasteiger charge is -2.14. The van der Waals surface area contributed by atoms with Gasteiger partial charge in [-0.15, -0.1) is 10.2 Å². The van der Waals surface area contributed by atoms with Crippen LogP contribution in [-0.4, -0.2) is 37.8 Å². The molecule has 0 aliphatic heterocycles. The third-order valence-electron chi connectivity index (χ3n) is 4.30. The molecule has 158 valence electrons. The Balaban J connectivity index is 2.29. The van der Waals surface area contributed by atoms with Crippen molar-refractivity contribution in [2.24, 2.45) is 5.14 Å². The lowest BCUT2D eigenvalue weighted by molar-refractivity contribution is -0.385. The number of aryl methyl sites for hydroxylation is 1. The third kappa shape index (κ3) is 4.23. The molecule has 0 amide bonds. The number of nitro benzene ring substituents is 1. The maximum atomic E-state index is 12.2. The van der Waals surface area contributed by atoms with Crippen LogP contribution in [0.25, 0.3) is 11.5 Å². The number of hydrogen-bond acceptors (Lipinski definition) is 9. The van der Waals surface area contributed by atoms with E-state index in [0.717, 1.165) is 6.07 Å². The monoisotopic (exact) mass is 434 g/mol. The lowest BCUT2D eigenvalue weighted by Crippen LogP contribution is -2.15. The molecule has 1 aromatic heterocycles. The van der Waals surface area contributed by atoms with Crippen LogP contribution in [0.3, 0.4) is 0 Å². The minimum atomic E-state index is -4.35. The van der Waals surface area contributed by atoms with Crippen molar-refractivity contribution < 1.29 is 27.2 Å². The minimum absolute atomic E-state index is 0.00145. The SMILES string of the molecule is COc1ccc(Cc2cc([N+](=O)[O-])cc(S(N)(=O)=O)c2-c2nnc(C)o2)c(OC)c1. The summed E-state index contributed by atoms with van der Waals surface area (Å²) in [5.41, 5.74) is 0.431. The van der Waals surface area contributed by atoms with Gasteiger partial charge in [-0.2, -0.15) is 0 Å². The average Bonchev–Trinajstić information content (AvgIpc) is 3.12. The summed E-state index contributed by atoms with van der Waals surface area (Å²) in [4.78, 5) is 10.2. The van der Waals surface area contributed by atoms with E-state index in [2.05, 4.69) is 10.2 Å². The van der Waals surface area contributed by atoms with Gasteiger partial charge in [0.1, 0.15) is 16.4 Å². The zero-order valence-corrected chi connectivity index (χ0v) is 17.1. The Hall–Kier alpha value is -3.51. The Labute approximate surface area is 171 Å². The van der Waals surface area contributed by atoms with Crippen molar-refractivity contribution in [2.45, 2.75) is 18.2 Å². The smallest absolute Gasteiger partial charge is 0.271 e. The van der Waals surface area contributed by atoms with Crippen molar-refractivity contribution in [1.29, 1.82) is 0 Å². The second-order valence-electron chi connectivity index (χ2n) is 6.26. The number of nitro groups is 1. The summed E-state index contributed by atoms with van der Waals surface area (Å²) in [5, 5.41) is 24.4. The molecular weight excluding hydrogens is 416 g/mol. The van der Waals surface area contributed by atoms with E-state index < -0.39 is 25.5 Å². The maximum absolute atomic E-state index is 12.2. The van der Waals surface area contributed by atoms with Gasteiger partial charge in [0.05, 0.1) is 24.7 Å². The standard InChI is InChI=1S/C18H18N4O7S/c1-10-20-21-18(29-10)17-12(6-11-4-5-14(27-2)9-15(11)28-3)7-13(22(23)24)8-16(17)30(19,25)26/h4-5,7-9H,6H2,1-3H3,(H2,19,25,26). The number of primary sulfonamides is 1. The van der Waals surface area contributed by atoms with Gasteiger partial charge < -0.3 is 13.9 Å². The molecule has 2 aromatic carbocycles. The molecule has 2 N–H and O–H groups in total. The fourth-order valence-corrected chi connectivity index (χ4v) is 3.76. The van der Waals surface area contributed by atoms with Crippen LogP contribution < -0.4 is 14.6 Å². The number of methoxy groups -OCH3 is 2. The highest BCUT2D eigenvalue weighted by Crippen LogP contribution is 2.36. The number of hydrogen-bond donors (Lipinski definition) is 1. The number of aromatic nitrogens is 2. The van der Waals surface area contributed by atoms with Crippen molar-refractivity contribution in [1.82, 2.24) is 10.2 Å². The van der Waals surface area contributed by atoms with Crippen molar-refractivity contribution >= 4 is 15.7 Å². The Morgan fingerprint density at radius 3 is 2.40 bits per heavy atom. The molecule has 0 bridgehead atoms. The average molecular weight is 434 g/mol. The van der Waals surface area contributed by atoms with Crippen LogP contribution in [-0.2, 0) is 16.4 Å². The normalized spacial score (nSPS) is 11.3. The van der Waals surface area contributed by atoms with Gasteiger partial charge in [0.15, 0.2) is 0 Å². The van der Waals surface area contributed by atoms with Gasteiger partial charge in [0.25, 0.3) is 5.69 Å². The quantitative estimate of drug-likeness (QED) is 0.434. The summed E-state index contributed by atoms with van der Waals surface area (Å²) in [6.45, 7) is 1.53. The van der Waals surface area contributed by atoms with Crippen LogP contribution in [0, 0.1) is 17.0 Å². The molecule has 0 fully saturated rings. The van der Waals surface area contributed by atoms with Crippen LogP contribution in [0.1, 0.15) is 17.0 Å². The Bertz CT molecular complexity index is 1220. The van der Waals surface area contributed by atoms with E-state index in [9.17, 15) is 18.5 Å². The molecule has 0 radical (unpaired) electrons. The molecular formula is C18H18N4O7S. The van der Waals surface area contributed by atoms with E-state index in [1.165, 1.54) is 27.2 Å². The molecule has 0 aliphatic rings. The molecule has 12 heteroatoms. The molecule has 0 unspecified atom stereocenters. The summed E-state index contributed by atoms with van der Waals surface area (Å²) < 4.78 is 40.5. The topological polar surface area (TPSA) is 161 Å². The van der Waals surface area contributed by atoms with Crippen LogP contribution in [0.15, 0.2) is 39.6 Å². The van der Waals surface area contributed by atoms with Crippen molar-refractivity contribution in [3.05, 3.63) is 57.5 Å².